The summed E-state index contributed by atoms with van der Waals surface area (Å²) in [4.78, 5) is 24.2. The monoisotopic (exact) mass is 420 g/mol. The van der Waals surface area contributed by atoms with Crippen LogP contribution in [0.2, 0.25) is 0 Å². The van der Waals surface area contributed by atoms with Crippen LogP contribution in [0, 0.1) is 13.8 Å². The molecule has 0 saturated heterocycles. The van der Waals surface area contributed by atoms with Crippen LogP contribution >= 0.6 is 27.7 Å². The van der Waals surface area contributed by atoms with Crippen LogP contribution < -0.4 is 10.6 Å². The summed E-state index contributed by atoms with van der Waals surface area (Å²) in [7, 11) is 0. The molecule has 0 aromatic heterocycles. The van der Waals surface area contributed by atoms with Crippen molar-refractivity contribution in [3.8, 4) is 0 Å². The van der Waals surface area contributed by atoms with E-state index in [-0.39, 0.29) is 22.8 Å². The summed E-state index contributed by atoms with van der Waals surface area (Å²) in [6, 6.07) is 13.3. The van der Waals surface area contributed by atoms with E-state index in [1.807, 2.05) is 56.3 Å². The lowest BCUT2D eigenvalue weighted by Crippen LogP contribution is -2.25. The third-order valence-corrected chi connectivity index (χ3v) is 5.63. The van der Waals surface area contributed by atoms with Crippen LogP contribution in [0.5, 0.6) is 0 Å². The number of carbonyl (C=O) groups excluding carboxylic acids is 2. The number of anilines is 2. The quantitative estimate of drug-likeness (QED) is 0.707. The summed E-state index contributed by atoms with van der Waals surface area (Å²) < 4.78 is 1.00. The zero-order valence-electron chi connectivity index (χ0n) is 14.4. The maximum atomic E-state index is 12.2. The van der Waals surface area contributed by atoms with Gasteiger partial charge in [-0.15, -0.1) is 11.8 Å². The zero-order valence-corrected chi connectivity index (χ0v) is 16.8. The van der Waals surface area contributed by atoms with Gasteiger partial charge in [0.05, 0.1) is 11.0 Å². The van der Waals surface area contributed by atoms with Crippen molar-refractivity contribution >= 4 is 50.9 Å². The Bertz CT molecular complexity index is 763. The molecule has 0 spiro atoms. The maximum Gasteiger partial charge on any atom is 0.237 e. The number of thioether (sulfide) groups is 1. The number of benzene rings is 2. The molecule has 6 heteroatoms. The van der Waals surface area contributed by atoms with E-state index in [1.165, 1.54) is 11.8 Å². The van der Waals surface area contributed by atoms with Crippen LogP contribution in [0.25, 0.3) is 0 Å². The number of carbonyl (C=O) groups is 2. The van der Waals surface area contributed by atoms with Gasteiger partial charge in [-0.2, -0.15) is 0 Å². The minimum atomic E-state index is -0.326. The molecule has 0 fully saturated rings. The molecule has 0 aliphatic carbocycles. The molecule has 1 atom stereocenters. The first-order chi connectivity index (χ1) is 11.8. The molecule has 1 unspecified atom stereocenters. The standard InChI is InChI=1S/C19H21BrN2O2S/c1-12-4-6-15(7-5-12)21-18(23)11-25-14(3)19(24)22-16-8-9-17(20)13(2)10-16/h4-10,14H,11H2,1-3H3,(H,21,23)(H,22,24). The lowest BCUT2D eigenvalue weighted by Gasteiger charge is -2.13. The van der Waals surface area contributed by atoms with Crippen molar-refractivity contribution in [1.29, 1.82) is 0 Å². The van der Waals surface area contributed by atoms with Gasteiger partial charge in [0.2, 0.25) is 11.8 Å². The lowest BCUT2D eigenvalue weighted by atomic mass is 10.2. The highest BCUT2D eigenvalue weighted by Gasteiger charge is 2.15. The number of amides is 2. The average molecular weight is 421 g/mol. The largest absolute Gasteiger partial charge is 0.325 e. The summed E-state index contributed by atoms with van der Waals surface area (Å²) in [5.74, 6) is -0.00944. The number of hydrogen-bond acceptors (Lipinski definition) is 3. The van der Waals surface area contributed by atoms with Crippen molar-refractivity contribution in [3.63, 3.8) is 0 Å². The maximum absolute atomic E-state index is 12.2. The lowest BCUT2D eigenvalue weighted by molar-refractivity contribution is -0.115. The first-order valence-electron chi connectivity index (χ1n) is 7.90. The number of halogens is 1. The Morgan fingerprint density at radius 2 is 1.68 bits per heavy atom. The highest BCUT2D eigenvalue weighted by Crippen LogP contribution is 2.21. The second-order valence-corrected chi connectivity index (χ2v) is 8.00. The molecule has 0 aliphatic rings. The molecule has 0 saturated carbocycles. The molecule has 2 amide bonds. The molecule has 0 heterocycles. The van der Waals surface area contributed by atoms with Gasteiger partial charge in [0.25, 0.3) is 0 Å². The van der Waals surface area contributed by atoms with E-state index in [1.54, 1.807) is 6.92 Å². The first kappa shape index (κ1) is 19.5. The SMILES string of the molecule is Cc1ccc(NC(=O)CSC(C)C(=O)Nc2ccc(Br)c(C)c2)cc1. The Hall–Kier alpha value is -1.79. The van der Waals surface area contributed by atoms with E-state index in [2.05, 4.69) is 26.6 Å². The predicted octanol–water partition coefficient (Wildman–Crippen LogP) is 4.76. The van der Waals surface area contributed by atoms with Gasteiger partial charge in [-0.25, -0.2) is 0 Å². The number of rotatable bonds is 6. The number of aryl methyl sites for hydroxylation is 2. The van der Waals surface area contributed by atoms with E-state index in [4.69, 9.17) is 0 Å². The van der Waals surface area contributed by atoms with Gasteiger partial charge in [-0.1, -0.05) is 33.6 Å². The van der Waals surface area contributed by atoms with Crippen molar-refractivity contribution < 1.29 is 9.59 Å². The van der Waals surface area contributed by atoms with E-state index in [0.29, 0.717) is 0 Å². The Morgan fingerprint density at radius 1 is 1.04 bits per heavy atom. The summed E-state index contributed by atoms with van der Waals surface area (Å²) in [6.45, 7) is 5.76. The number of nitrogens with one attached hydrogen (secondary N) is 2. The third kappa shape index (κ3) is 6.21. The van der Waals surface area contributed by atoms with Gasteiger partial charge >= 0.3 is 0 Å². The number of hydrogen-bond donors (Lipinski definition) is 2. The van der Waals surface area contributed by atoms with Crippen LogP contribution in [-0.4, -0.2) is 22.8 Å². The van der Waals surface area contributed by atoms with Crippen LogP contribution in [-0.2, 0) is 9.59 Å². The van der Waals surface area contributed by atoms with E-state index in [0.717, 1.165) is 27.0 Å². The fourth-order valence-electron chi connectivity index (χ4n) is 2.08. The molecule has 2 N–H and O–H groups in total. The van der Waals surface area contributed by atoms with Crippen molar-refractivity contribution in [2.45, 2.75) is 26.0 Å². The van der Waals surface area contributed by atoms with E-state index in [9.17, 15) is 9.59 Å². The van der Waals surface area contributed by atoms with Gasteiger partial charge in [-0.05, 0) is 56.7 Å². The highest BCUT2D eigenvalue weighted by atomic mass is 79.9. The molecule has 132 valence electrons. The molecule has 0 bridgehead atoms. The predicted molar refractivity (Wildman–Crippen MR) is 109 cm³/mol. The molecular formula is C19H21BrN2O2S. The highest BCUT2D eigenvalue weighted by molar-refractivity contribution is 9.10. The van der Waals surface area contributed by atoms with Gasteiger partial charge in [0.15, 0.2) is 0 Å². The Morgan fingerprint density at radius 3 is 2.32 bits per heavy atom. The third-order valence-electron chi connectivity index (χ3n) is 3.59. The second kappa shape index (κ2) is 9.06. The summed E-state index contributed by atoms with van der Waals surface area (Å²) in [5, 5.41) is 5.38. The van der Waals surface area contributed by atoms with Crippen LogP contribution in [0.1, 0.15) is 18.1 Å². The smallest absolute Gasteiger partial charge is 0.237 e. The van der Waals surface area contributed by atoms with Crippen molar-refractivity contribution in [2.24, 2.45) is 0 Å². The van der Waals surface area contributed by atoms with Crippen molar-refractivity contribution in [3.05, 3.63) is 58.1 Å². The summed E-state index contributed by atoms with van der Waals surface area (Å²) in [5.41, 5.74) is 3.71. The molecule has 25 heavy (non-hydrogen) atoms. The minimum Gasteiger partial charge on any atom is -0.325 e. The van der Waals surface area contributed by atoms with Crippen molar-refractivity contribution in [2.75, 3.05) is 16.4 Å². The fourth-order valence-corrected chi connectivity index (χ4v) is 3.01. The van der Waals surface area contributed by atoms with Gasteiger partial charge in [0.1, 0.15) is 0 Å². The van der Waals surface area contributed by atoms with Crippen LogP contribution in [0.15, 0.2) is 46.9 Å². The van der Waals surface area contributed by atoms with Crippen molar-refractivity contribution in [1.82, 2.24) is 0 Å². The van der Waals surface area contributed by atoms with Gasteiger partial charge in [-0.3, -0.25) is 9.59 Å². The molecule has 2 aromatic rings. The molecular weight excluding hydrogens is 400 g/mol. The van der Waals surface area contributed by atoms with Crippen LogP contribution in [0.4, 0.5) is 11.4 Å². The molecule has 0 aliphatic heterocycles. The average Bonchev–Trinajstić information content (AvgIpc) is 2.58. The topological polar surface area (TPSA) is 58.2 Å². The summed E-state index contributed by atoms with van der Waals surface area (Å²) in [6.07, 6.45) is 0. The van der Waals surface area contributed by atoms with Crippen LogP contribution in [0.3, 0.4) is 0 Å². The summed E-state index contributed by atoms with van der Waals surface area (Å²) >= 11 is 4.74. The second-order valence-electron chi connectivity index (χ2n) is 5.82. The Labute approximate surface area is 160 Å². The molecule has 2 rings (SSSR count). The molecule has 0 radical (unpaired) electrons. The van der Waals surface area contributed by atoms with E-state index < -0.39 is 0 Å². The molecule has 2 aromatic carbocycles. The Balaban J connectivity index is 1.81. The normalized spacial score (nSPS) is 11.7. The molecule has 4 nitrogen and oxygen atoms in total. The van der Waals surface area contributed by atoms with Gasteiger partial charge < -0.3 is 10.6 Å². The van der Waals surface area contributed by atoms with Gasteiger partial charge in [0, 0.05) is 15.8 Å². The first-order valence-corrected chi connectivity index (χ1v) is 9.74. The minimum absolute atomic E-state index is 0.116. The zero-order chi connectivity index (χ0) is 18.4. The fraction of sp³-hybridized carbons (Fsp3) is 0.263. The van der Waals surface area contributed by atoms with E-state index >= 15 is 0 Å². The Kier molecular flexibility index (Phi) is 7.08.